The van der Waals surface area contributed by atoms with E-state index in [9.17, 15) is 9.67 Å². The number of hydrogen-bond donors (Lipinski definition) is 2. The van der Waals surface area contributed by atoms with E-state index in [1.54, 1.807) is 12.4 Å². The summed E-state index contributed by atoms with van der Waals surface area (Å²) in [6.45, 7) is 0.0643. The summed E-state index contributed by atoms with van der Waals surface area (Å²) in [4.78, 5) is 4.14. The lowest BCUT2D eigenvalue weighted by Gasteiger charge is -2.30. The molecule has 0 saturated carbocycles. The van der Waals surface area contributed by atoms with E-state index >= 15 is 0 Å². The quantitative estimate of drug-likeness (QED) is 0.598. The SMILES string of the molecule is O=P(c1ccccc1)(c1ccccc1)C(CCCO)Nc1cccnc1. The van der Waals surface area contributed by atoms with Crippen LogP contribution in [0.4, 0.5) is 5.69 Å². The lowest BCUT2D eigenvalue weighted by Crippen LogP contribution is -2.31. The maximum Gasteiger partial charge on any atom is 0.164 e. The van der Waals surface area contributed by atoms with Gasteiger partial charge in [-0.25, -0.2) is 0 Å². The van der Waals surface area contributed by atoms with Gasteiger partial charge in [0.25, 0.3) is 0 Å². The number of aromatic nitrogens is 1. The lowest BCUT2D eigenvalue weighted by molar-refractivity contribution is 0.284. The topological polar surface area (TPSA) is 62.2 Å². The predicted octanol–water partition coefficient (Wildman–Crippen LogP) is 3.61. The van der Waals surface area contributed by atoms with E-state index in [0.29, 0.717) is 12.8 Å². The van der Waals surface area contributed by atoms with E-state index in [-0.39, 0.29) is 12.4 Å². The minimum Gasteiger partial charge on any atom is -0.396 e. The molecule has 4 nitrogen and oxygen atoms in total. The van der Waals surface area contributed by atoms with Crippen molar-refractivity contribution in [2.75, 3.05) is 11.9 Å². The molecular formula is C21H23N2O2P. The van der Waals surface area contributed by atoms with Gasteiger partial charge in [-0.05, 0) is 25.0 Å². The summed E-state index contributed by atoms with van der Waals surface area (Å²) in [6, 6.07) is 23.0. The van der Waals surface area contributed by atoms with Crippen molar-refractivity contribution < 1.29 is 9.67 Å². The molecular weight excluding hydrogens is 343 g/mol. The van der Waals surface area contributed by atoms with Gasteiger partial charge in [-0.15, -0.1) is 0 Å². The van der Waals surface area contributed by atoms with Crippen LogP contribution in [0.1, 0.15) is 12.8 Å². The normalized spacial score (nSPS) is 12.5. The fourth-order valence-electron chi connectivity index (χ4n) is 3.08. The van der Waals surface area contributed by atoms with Crippen molar-refractivity contribution in [3.63, 3.8) is 0 Å². The van der Waals surface area contributed by atoms with E-state index in [4.69, 9.17) is 0 Å². The number of aliphatic hydroxyl groups excluding tert-OH is 1. The Bertz CT molecular complexity index is 798. The van der Waals surface area contributed by atoms with Crippen molar-refractivity contribution in [3.8, 4) is 0 Å². The highest BCUT2D eigenvalue weighted by molar-refractivity contribution is 7.79. The monoisotopic (exact) mass is 366 g/mol. The number of nitrogens with zero attached hydrogens (tertiary/aromatic N) is 1. The molecule has 3 aromatic rings. The van der Waals surface area contributed by atoms with Gasteiger partial charge in [0, 0.05) is 29.6 Å². The van der Waals surface area contributed by atoms with Crippen LogP contribution in [0, 0.1) is 0 Å². The summed E-state index contributed by atoms with van der Waals surface area (Å²) in [7, 11) is -2.98. The number of pyridine rings is 1. The summed E-state index contributed by atoms with van der Waals surface area (Å²) in [5.41, 5.74) is 0.822. The third kappa shape index (κ3) is 4.04. The first kappa shape index (κ1) is 18.4. The van der Waals surface area contributed by atoms with Crippen molar-refractivity contribution in [2.45, 2.75) is 18.6 Å². The molecule has 0 bridgehead atoms. The van der Waals surface area contributed by atoms with Gasteiger partial charge in [0.2, 0.25) is 0 Å². The molecule has 2 aromatic carbocycles. The molecule has 1 aromatic heterocycles. The molecule has 5 heteroatoms. The van der Waals surface area contributed by atoms with E-state index in [2.05, 4.69) is 10.3 Å². The minimum absolute atomic E-state index is 0.0643. The zero-order valence-electron chi connectivity index (χ0n) is 14.5. The Morgan fingerprint density at radius 3 is 2.04 bits per heavy atom. The van der Waals surface area contributed by atoms with Crippen LogP contribution in [0.3, 0.4) is 0 Å². The second-order valence-corrected chi connectivity index (χ2v) is 9.07. The van der Waals surface area contributed by atoms with Crippen molar-refractivity contribution in [2.24, 2.45) is 0 Å². The molecule has 0 amide bonds. The molecule has 3 rings (SSSR count). The third-order valence-corrected chi connectivity index (χ3v) is 7.74. The van der Waals surface area contributed by atoms with Crippen LogP contribution in [-0.2, 0) is 4.57 Å². The van der Waals surface area contributed by atoms with Gasteiger partial charge in [-0.1, -0.05) is 60.7 Å². The fourth-order valence-corrected chi connectivity index (χ4v) is 6.20. The maximum atomic E-state index is 14.5. The van der Waals surface area contributed by atoms with Gasteiger partial charge < -0.3 is 15.0 Å². The molecule has 2 N–H and O–H groups in total. The van der Waals surface area contributed by atoms with Gasteiger partial charge in [0.1, 0.15) is 0 Å². The standard InChI is InChI=1S/C21H23N2O2P/c24-16-8-14-21(23-18-9-7-15-22-17-18)26(25,19-10-3-1-4-11-19)20-12-5-2-6-13-20/h1-7,9-13,15,17,21,23-24H,8,14,16H2. The van der Waals surface area contributed by atoms with Gasteiger partial charge in [-0.2, -0.15) is 0 Å². The molecule has 0 aliphatic heterocycles. The molecule has 26 heavy (non-hydrogen) atoms. The highest BCUT2D eigenvalue weighted by Gasteiger charge is 2.36. The second kappa shape index (κ2) is 8.79. The molecule has 0 aliphatic rings. The van der Waals surface area contributed by atoms with Crippen LogP contribution in [0.2, 0.25) is 0 Å². The highest BCUT2D eigenvalue weighted by Crippen LogP contribution is 2.50. The Balaban J connectivity index is 2.08. The summed E-state index contributed by atoms with van der Waals surface area (Å²) in [5, 5.41) is 14.4. The average Bonchev–Trinajstić information content (AvgIpc) is 2.72. The molecule has 1 heterocycles. The lowest BCUT2D eigenvalue weighted by atomic mass is 10.3. The van der Waals surface area contributed by atoms with Gasteiger partial charge >= 0.3 is 0 Å². The Morgan fingerprint density at radius 2 is 1.54 bits per heavy atom. The van der Waals surface area contributed by atoms with E-state index in [1.165, 1.54) is 0 Å². The van der Waals surface area contributed by atoms with Crippen LogP contribution in [-0.4, -0.2) is 22.5 Å². The van der Waals surface area contributed by atoms with Gasteiger partial charge in [-0.3, -0.25) is 4.98 Å². The predicted molar refractivity (Wildman–Crippen MR) is 108 cm³/mol. The Morgan fingerprint density at radius 1 is 0.923 bits per heavy atom. The number of hydrogen-bond acceptors (Lipinski definition) is 4. The minimum atomic E-state index is -2.98. The number of nitrogens with one attached hydrogen (secondary N) is 1. The zero-order chi connectivity index (χ0) is 18.2. The molecule has 1 atom stereocenters. The molecule has 1 unspecified atom stereocenters. The Kier molecular flexibility index (Phi) is 6.21. The van der Waals surface area contributed by atoms with Gasteiger partial charge in [0.05, 0.1) is 11.5 Å². The molecule has 134 valence electrons. The van der Waals surface area contributed by atoms with E-state index in [1.807, 2.05) is 72.8 Å². The number of benzene rings is 2. The first-order valence-electron chi connectivity index (χ1n) is 8.73. The smallest absolute Gasteiger partial charge is 0.164 e. The molecule has 0 aliphatic carbocycles. The van der Waals surface area contributed by atoms with Crippen molar-refractivity contribution in [3.05, 3.63) is 85.2 Å². The van der Waals surface area contributed by atoms with Crippen LogP contribution in [0.15, 0.2) is 85.2 Å². The number of rotatable bonds is 8. The van der Waals surface area contributed by atoms with Crippen molar-refractivity contribution >= 4 is 23.4 Å². The fraction of sp³-hybridized carbons (Fsp3) is 0.190. The zero-order valence-corrected chi connectivity index (χ0v) is 15.4. The third-order valence-electron chi connectivity index (χ3n) is 4.35. The van der Waals surface area contributed by atoms with E-state index in [0.717, 1.165) is 16.3 Å². The molecule has 0 fully saturated rings. The molecule has 0 spiro atoms. The second-order valence-electron chi connectivity index (χ2n) is 6.10. The Hall–Kier alpha value is -2.42. The van der Waals surface area contributed by atoms with Gasteiger partial charge in [0.15, 0.2) is 7.14 Å². The Labute approximate surface area is 154 Å². The summed E-state index contributed by atoms with van der Waals surface area (Å²) in [6.07, 6.45) is 4.60. The maximum absolute atomic E-state index is 14.5. The highest BCUT2D eigenvalue weighted by atomic mass is 31.2. The number of aliphatic hydroxyl groups is 1. The molecule has 0 saturated heterocycles. The first-order chi connectivity index (χ1) is 12.7. The first-order valence-corrected chi connectivity index (χ1v) is 10.5. The van der Waals surface area contributed by atoms with E-state index < -0.39 is 7.14 Å². The largest absolute Gasteiger partial charge is 0.396 e. The van der Waals surface area contributed by atoms with Crippen molar-refractivity contribution in [1.82, 2.24) is 4.98 Å². The summed E-state index contributed by atoms with van der Waals surface area (Å²) < 4.78 is 14.5. The van der Waals surface area contributed by atoms with Crippen LogP contribution in [0.5, 0.6) is 0 Å². The average molecular weight is 366 g/mol. The summed E-state index contributed by atoms with van der Waals surface area (Å²) >= 11 is 0. The van der Waals surface area contributed by atoms with Crippen LogP contribution < -0.4 is 15.9 Å². The molecule has 0 radical (unpaired) electrons. The van der Waals surface area contributed by atoms with Crippen LogP contribution >= 0.6 is 7.14 Å². The van der Waals surface area contributed by atoms with Crippen molar-refractivity contribution in [1.29, 1.82) is 0 Å². The van der Waals surface area contributed by atoms with Crippen LogP contribution in [0.25, 0.3) is 0 Å². The summed E-state index contributed by atoms with van der Waals surface area (Å²) in [5.74, 6) is -0.330. The number of anilines is 1.